The Morgan fingerprint density at radius 2 is 1.56 bits per heavy atom. The summed E-state index contributed by atoms with van der Waals surface area (Å²) in [7, 11) is 0. The van der Waals surface area contributed by atoms with E-state index in [0.717, 1.165) is 25.7 Å². The first kappa shape index (κ1) is 15.9. The lowest BCUT2D eigenvalue weighted by atomic mass is 9.77. The fraction of sp³-hybridized carbons (Fsp3) is 1.00. The van der Waals surface area contributed by atoms with Crippen LogP contribution in [0.15, 0.2) is 0 Å². The summed E-state index contributed by atoms with van der Waals surface area (Å²) >= 11 is 0. The van der Waals surface area contributed by atoms with Crippen molar-refractivity contribution in [2.24, 2.45) is 11.8 Å². The highest BCUT2D eigenvalue weighted by molar-refractivity contribution is 4.85. The van der Waals surface area contributed by atoms with E-state index in [1.165, 1.54) is 0 Å². The van der Waals surface area contributed by atoms with Crippen LogP contribution in [-0.2, 0) is 9.47 Å². The molecule has 3 nitrogen and oxygen atoms in total. The third-order valence-electron chi connectivity index (χ3n) is 4.36. The molecule has 0 aliphatic carbocycles. The van der Waals surface area contributed by atoms with Gasteiger partial charge in [0.2, 0.25) is 0 Å². The largest absolute Gasteiger partial charge is 0.389 e. The molecule has 1 saturated heterocycles. The average Bonchev–Trinajstić information content (AvgIpc) is 2.71. The number of hydrogen-bond donors (Lipinski definition) is 1. The first-order valence-corrected chi connectivity index (χ1v) is 7.30. The third kappa shape index (κ3) is 3.94. The van der Waals surface area contributed by atoms with Crippen LogP contribution in [0.25, 0.3) is 0 Å². The van der Waals surface area contributed by atoms with Crippen LogP contribution in [-0.4, -0.2) is 29.7 Å². The van der Waals surface area contributed by atoms with E-state index in [-0.39, 0.29) is 5.79 Å². The van der Waals surface area contributed by atoms with Gasteiger partial charge >= 0.3 is 0 Å². The van der Waals surface area contributed by atoms with Crippen LogP contribution in [0.5, 0.6) is 0 Å². The Morgan fingerprint density at radius 3 is 2.00 bits per heavy atom. The molecule has 0 amide bonds. The monoisotopic (exact) mass is 258 g/mol. The smallest absolute Gasteiger partial charge is 0.165 e. The fourth-order valence-corrected chi connectivity index (χ4v) is 2.80. The van der Waals surface area contributed by atoms with Crippen molar-refractivity contribution in [1.82, 2.24) is 0 Å². The van der Waals surface area contributed by atoms with Crippen molar-refractivity contribution in [3.8, 4) is 0 Å². The third-order valence-corrected chi connectivity index (χ3v) is 4.36. The molecule has 0 bridgehead atoms. The van der Waals surface area contributed by atoms with Gasteiger partial charge in [0.25, 0.3) is 0 Å². The Labute approximate surface area is 112 Å². The standard InChI is InChI=1S/C15H30O3/c1-12(2)15(16,13(3)4)9-7-6-8-14(5)17-10-11-18-14/h12-13,16H,6-11H2,1-5H3. The van der Waals surface area contributed by atoms with Crippen molar-refractivity contribution >= 4 is 0 Å². The van der Waals surface area contributed by atoms with Gasteiger partial charge < -0.3 is 14.6 Å². The minimum atomic E-state index is -0.543. The predicted octanol–water partition coefficient (Wildman–Crippen LogP) is 3.35. The Kier molecular flexibility index (Phi) is 5.63. The predicted molar refractivity (Wildman–Crippen MR) is 73.4 cm³/mol. The molecular formula is C15H30O3. The van der Waals surface area contributed by atoms with Gasteiger partial charge in [0, 0.05) is 6.42 Å². The van der Waals surface area contributed by atoms with Crippen molar-refractivity contribution in [2.75, 3.05) is 13.2 Å². The Morgan fingerprint density at radius 1 is 1.06 bits per heavy atom. The van der Waals surface area contributed by atoms with Gasteiger partial charge in [-0.2, -0.15) is 0 Å². The van der Waals surface area contributed by atoms with Gasteiger partial charge in [0.05, 0.1) is 18.8 Å². The van der Waals surface area contributed by atoms with Gasteiger partial charge in [-0.05, 0) is 31.6 Å². The van der Waals surface area contributed by atoms with Crippen LogP contribution < -0.4 is 0 Å². The molecule has 108 valence electrons. The minimum Gasteiger partial charge on any atom is -0.389 e. The maximum Gasteiger partial charge on any atom is 0.165 e. The van der Waals surface area contributed by atoms with E-state index in [0.29, 0.717) is 25.0 Å². The molecule has 0 spiro atoms. The van der Waals surface area contributed by atoms with Gasteiger partial charge in [-0.25, -0.2) is 0 Å². The van der Waals surface area contributed by atoms with Gasteiger partial charge in [0.15, 0.2) is 5.79 Å². The Bertz CT molecular complexity index is 234. The molecule has 1 aliphatic rings. The van der Waals surface area contributed by atoms with Crippen LogP contribution in [0.1, 0.15) is 60.3 Å². The summed E-state index contributed by atoms with van der Waals surface area (Å²) in [5.74, 6) is 0.215. The molecule has 1 rings (SSSR count). The molecule has 0 aromatic carbocycles. The van der Waals surface area contributed by atoms with Crippen LogP contribution in [0.4, 0.5) is 0 Å². The summed E-state index contributed by atoms with van der Waals surface area (Å²) in [6.45, 7) is 11.8. The first-order valence-electron chi connectivity index (χ1n) is 7.30. The van der Waals surface area contributed by atoms with Crippen molar-refractivity contribution in [1.29, 1.82) is 0 Å². The normalized spacial score (nSPS) is 20.0. The molecule has 3 heteroatoms. The molecule has 0 aromatic heterocycles. The summed E-state index contributed by atoms with van der Waals surface area (Å²) in [4.78, 5) is 0. The zero-order chi connectivity index (χ0) is 13.8. The number of ether oxygens (including phenoxy) is 2. The summed E-state index contributed by atoms with van der Waals surface area (Å²) in [6.07, 6.45) is 3.84. The van der Waals surface area contributed by atoms with E-state index in [4.69, 9.17) is 9.47 Å². The quantitative estimate of drug-likeness (QED) is 0.712. The van der Waals surface area contributed by atoms with E-state index in [2.05, 4.69) is 27.7 Å². The molecule has 0 radical (unpaired) electrons. The summed E-state index contributed by atoms with van der Waals surface area (Å²) in [6, 6.07) is 0. The van der Waals surface area contributed by atoms with Crippen LogP contribution >= 0.6 is 0 Å². The maximum absolute atomic E-state index is 10.7. The molecule has 1 N–H and O–H groups in total. The molecule has 0 atom stereocenters. The maximum atomic E-state index is 10.7. The van der Waals surface area contributed by atoms with E-state index in [1.54, 1.807) is 0 Å². The van der Waals surface area contributed by atoms with Crippen molar-refractivity contribution in [3.05, 3.63) is 0 Å². The number of rotatable bonds is 7. The van der Waals surface area contributed by atoms with Crippen molar-refractivity contribution in [3.63, 3.8) is 0 Å². The van der Waals surface area contributed by atoms with E-state index < -0.39 is 5.60 Å². The molecular weight excluding hydrogens is 228 g/mol. The highest BCUT2D eigenvalue weighted by Gasteiger charge is 2.35. The van der Waals surface area contributed by atoms with Crippen molar-refractivity contribution in [2.45, 2.75) is 71.7 Å². The lowest BCUT2D eigenvalue weighted by Crippen LogP contribution is -2.40. The van der Waals surface area contributed by atoms with Gasteiger partial charge in [-0.1, -0.05) is 34.1 Å². The molecule has 0 aromatic rings. The van der Waals surface area contributed by atoms with Gasteiger partial charge in [0.1, 0.15) is 0 Å². The summed E-state index contributed by atoms with van der Waals surface area (Å²) in [5, 5.41) is 10.7. The van der Waals surface area contributed by atoms with Gasteiger partial charge in [-0.15, -0.1) is 0 Å². The SMILES string of the molecule is CC(C)C(O)(CCCCC1(C)OCCO1)C(C)C. The van der Waals surface area contributed by atoms with E-state index in [1.807, 2.05) is 6.92 Å². The lowest BCUT2D eigenvalue weighted by Gasteiger charge is -2.36. The Balaban J connectivity index is 2.31. The highest BCUT2D eigenvalue weighted by Crippen LogP contribution is 2.33. The van der Waals surface area contributed by atoms with E-state index in [9.17, 15) is 5.11 Å². The molecule has 1 fully saturated rings. The highest BCUT2D eigenvalue weighted by atomic mass is 16.7. The van der Waals surface area contributed by atoms with Gasteiger partial charge in [-0.3, -0.25) is 0 Å². The zero-order valence-corrected chi connectivity index (χ0v) is 12.7. The number of unbranched alkanes of at least 4 members (excludes halogenated alkanes) is 1. The van der Waals surface area contributed by atoms with Crippen LogP contribution in [0.2, 0.25) is 0 Å². The Hall–Kier alpha value is -0.120. The number of hydrogen-bond acceptors (Lipinski definition) is 3. The van der Waals surface area contributed by atoms with Crippen molar-refractivity contribution < 1.29 is 14.6 Å². The first-order chi connectivity index (χ1) is 8.30. The lowest BCUT2D eigenvalue weighted by molar-refractivity contribution is -0.148. The second-order valence-electron chi connectivity index (χ2n) is 6.34. The molecule has 18 heavy (non-hydrogen) atoms. The molecule has 1 heterocycles. The molecule has 0 unspecified atom stereocenters. The van der Waals surface area contributed by atoms with Crippen LogP contribution in [0, 0.1) is 11.8 Å². The average molecular weight is 258 g/mol. The topological polar surface area (TPSA) is 38.7 Å². The van der Waals surface area contributed by atoms with E-state index >= 15 is 0 Å². The fourth-order valence-electron chi connectivity index (χ4n) is 2.80. The summed E-state index contributed by atoms with van der Waals surface area (Å²) < 4.78 is 11.2. The second kappa shape index (κ2) is 6.36. The number of aliphatic hydroxyl groups is 1. The second-order valence-corrected chi connectivity index (χ2v) is 6.34. The molecule has 1 aliphatic heterocycles. The molecule has 0 saturated carbocycles. The minimum absolute atomic E-state index is 0.298. The van der Waals surface area contributed by atoms with Crippen LogP contribution in [0.3, 0.4) is 0 Å². The summed E-state index contributed by atoms with van der Waals surface area (Å²) in [5.41, 5.74) is -0.543. The zero-order valence-electron chi connectivity index (χ0n) is 12.7.